The standard InChI is InChI=1S/C25H24N4O2S/c1-3-15-29-24-14-13-21(28(2)32(30,31)22-7-5-4-6-8-22)17-23(24)27-25(29)16-19-9-11-20(18-26)12-10-19/h4-14,17H,3,15-16H2,1-2H3. The van der Waals surface area contributed by atoms with Crippen molar-refractivity contribution in [1.82, 2.24) is 9.55 Å². The lowest BCUT2D eigenvalue weighted by Gasteiger charge is -2.19. The molecule has 0 bridgehead atoms. The number of imidazole rings is 1. The number of rotatable bonds is 7. The predicted octanol–water partition coefficient (Wildman–Crippen LogP) is 4.73. The first kappa shape index (κ1) is 21.6. The molecule has 0 saturated heterocycles. The Morgan fingerprint density at radius 2 is 1.75 bits per heavy atom. The molecule has 4 rings (SSSR count). The van der Waals surface area contributed by atoms with Crippen LogP contribution in [0.3, 0.4) is 0 Å². The summed E-state index contributed by atoms with van der Waals surface area (Å²) in [6, 6.07) is 23.6. The topological polar surface area (TPSA) is 79.0 Å². The Balaban J connectivity index is 1.71. The lowest BCUT2D eigenvalue weighted by Crippen LogP contribution is -2.26. The molecule has 32 heavy (non-hydrogen) atoms. The summed E-state index contributed by atoms with van der Waals surface area (Å²) in [5.74, 6) is 0.914. The highest BCUT2D eigenvalue weighted by molar-refractivity contribution is 7.92. The molecule has 0 radical (unpaired) electrons. The van der Waals surface area contributed by atoms with Gasteiger partial charge in [0.1, 0.15) is 5.82 Å². The van der Waals surface area contributed by atoms with E-state index in [9.17, 15) is 8.42 Å². The van der Waals surface area contributed by atoms with Crippen molar-refractivity contribution in [3.63, 3.8) is 0 Å². The second-order valence-electron chi connectivity index (χ2n) is 7.62. The van der Waals surface area contributed by atoms with Crippen molar-refractivity contribution in [3.05, 3.63) is 89.7 Å². The van der Waals surface area contributed by atoms with E-state index in [-0.39, 0.29) is 4.90 Å². The molecule has 1 aromatic heterocycles. The van der Waals surface area contributed by atoms with Crippen molar-refractivity contribution in [2.45, 2.75) is 31.2 Å². The normalized spacial score (nSPS) is 11.4. The van der Waals surface area contributed by atoms with Gasteiger partial charge in [-0.25, -0.2) is 13.4 Å². The quantitative estimate of drug-likeness (QED) is 0.413. The molecule has 0 aliphatic rings. The van der Waals surface area contributed by atoms with E-state index < -0.39 is 10.0 Å². The lowest BCUT2D eigenvalue weighted by atomic mass is 10.1. The lowest BCUT2D eigenvalue weighted by molar-refractivity contribution is 0.594. The van der Waals surface area contributed by atoms with E-state index in [0.717, 1.165) is 35.4 Å². The van der Waals surface area contributed by atoms with E-state index in [1.807, 2.05) is 42.5 Å². The Labute approximate surface area is 188 Å². The van der Waals surface area contributed by atoms with Gasteiger partial charge in [0, 0.05) is 20.0 Å². The molecule has 6 nitrogen and oxygen atoms in total. The fraction of sp³-hybridized carbons (Fsp3) is 0.200. The van der Waals surface area contributed by atoms with Crippen LogP contribution in [0.5, 0.6) is 0 Å². The second kappa shape index (κ2) is 8.85. The van der Waals surface area contributed by atoms with Crippen LogP contribution in [0.25, 0.3) is 11.0 Å². The van der Waals surface area contributed by atoms with Crippen LogP contribution in [0.15, 0.2) is 77.7 Å². The maximum atomic E-state index is 13.0. The van der Waals surface area contributed by atoms with Crippen LogP contribution >= 0.6 is 0 Å². The van der Waals surface area contributed by atoms with Crippen molar-refractivity contribution in [2.75, 3.05) is 11.4 Å². The van der Waals surface area contributed by atoms with Gasteiger partial charge in [-0.1, -0.05) is 37.3 Å². The highest BCUT2D eigenvalue weighted by atomic mass is 32.2. The van der Waals surface area contributed by atoms with E-state index in [4.69, 9.17) is 10.2 Å². The molecule has 4 aromatic rings. The van der Waals surface area contributed by atoms with Crippen LogP contribution in [0, 0.1) is 11.3 Å². The average molecular weight is 445 g/mol. The highest BCUT2D eigenvalue weighted by Crippen LogP contribution is 2.27. The molecule has 0 atom stereocenters. The highest BCUT2D eigenvalue weighted by Gasteiger charge is 2.22. The average Bonchev–Trinajstić information content (AvgIpc) is 3.16. The zero-order chi connectivity index (χ0) is 22.7. The molecule has 0 fully saturated rings. The van der Waals surface area contributed by atoms with Gasteiger partial charge >= 0.3 is 0 Å². The SMILES string of the molecule is CCCn1c(Cc2ccc(C#N)cc2)nc2cc(N(C)S(=O)(=O)c3ccccc3)ccc21. The number of sulfonamides is 1. The number of hydrogen-bond donors (Lipinski definition) is 0. The molecule has 1 heterocycles. The Hall–Kier alpha value is -3.63. The second-order valence-corrected chi connectivity index (χ2v) is 9.59. The molecule has 7 heteroatoms. The number of fused-ring (bicyclic) bond motifs is 1. The van der Waals surface area contributed by atoms with E-state index >= 15 is 0 Å². The van der Waals surface area contributed by atoms with Gasteiger partial charge in [0.25, 0.3) is 10.0 Å². The first-order valence-corrected chi connectivity index (χ1v) is 11.9. The van der Waals surface area contributed by atoms with Crippen LogP contribution in [0.2, 0.25) is 0 Å². The van der Waals surface area contributed by atoms with Crippen molar-refractivity contribution in [1.29, 1.82) is 5.26 Å². The number of nitrogens with zero attached hydrogens (tertiary/aromatic N) is 4. The van der Waals surface area contributed by atoms with Crippen molar-refractivity contribution >= 4 is 26.7 Å². The van der Waals surface area contributed by atoms with Crippen LogP contribution in [0.1, 0.15) is 30.3 Å². The number of benzene rings is 3. The first-order valence-electron chi connectivity index (χ1n) is 10.5. The van der Waals surface area contributed by atoms with Crippen LogP contribution < -0.4 is 4.31 Å². The smallest absolute Gasteiger partial charge is 0.264 e. The van der Waals surface area contributed by atoms with Crippen LogP contribution in [-0.2, 0) is 23.0 Å². The Morgan fingerprint density at radius 3 is 2.41 bits per heavy atom. The van der Waals surface area contributed by atoms with Crippen molar-refractivity contribution in [2.24, 2.45) is 0 Å². The number of hydrogen-bond acceptors (Lipinski definition) is 4. The minimum absolute atomic E-state index is 0.251. The van der Waals surface area contributed by atoms with E-state index in [2.05, 4.69) is 17.6 Å². The first-order chi connectivity index (χ1) is 15.4. The van der Waals surface area contributed by atoms with E-state index in [0.29, 0.717) is 17.7 Å². The summed E-state index contributed by atoms with van der Waals surface area (Å²) in [6.07, 6.45) is 1.59. The van der Waals surface area contributed by atoms with Crippen molar-refractivity contribution < 1.29 is 8.42 Å². The van der Waals surface area contributed by atoms with E-state index in [1.165, 1.54) is 4.31 Å². The maximum Gasteiger partial charge on any atom is 0.264 e. The summed E-state index contributed by atoms with van der Waals surface area (Å²) >= 11 is 0. The van der Waals surface area contributed by atoms with Gasteiger partial charge in [0.15, 0.2) is 0 Å². The monoisotopic (exact) mass is 444 g/mol. The fourth-order valence-electron chi connectivity index (χ4n) is 3.74. The van der Waals surface area contributed by atoms with Gasteiger partial charge in [0.2, 0.25) is 0 Å². The third kappa shape index (κ3) is 4.10. The van der Waals surface area contributed by atoms with Gasteiger partial charge in [-0.15, -0.1) is 0 Å². The third-order valence-electron chi connectivity index (χ3n) is 5.47. The van der Waals surface area contributed by atoms with Gasteiger partial charge in [-0.2, -0.15) is 5.26 Å². The zero-order valence-electron chi connectivity index (χ0n) is 18.1. The van der Waals surface area contributed by atoms with E-state index in [1.54, 1.807) is 37.4 Å². The molecule has 0 aliphatic carbocycles. The summed E-state index contributed by atoms with van der Waals surface area (Å²) in [7, 11) is -2.10. The molecule has 0 aliphatic heterocycles. The third-order valence-corrected chi connectivity index (χ3v) is 7.27. The van der Waals surface area contributed by atoms with Gasteiger partial charge in [0.05, 0.1) is 33.2 Å². The van der Waals surface area contributed by atoms with Gasteiger partial charge < -0.3 is 4.57 Å². The van der Waals surface area contributed by atoms with Gasteiger partial charge in [-0.3, -0.25) is 4.31 Å². The van der Waals surface area contributed by atoms with Crippen LogP contribution in [0.4, 0.5) is 5.69 Å². The summed E-state index contributed by atoms with van der Waals surface area (Å²) in [6.45, 7) is 2.94. The minimum atomic E-state index is -3.66. The molecule has 0 N–H and O–H groups in total. The molecular weight excluding hydrogens is 420 g/mol. The molecule has 3 aromatic carbocycles. The Bertz CT molecular complexity index is 1390. The minimum Gasteiger partial charge on any atom is -0.328 e. The molecule has 0 unspecified atom stereocenters. The number of nitriles is 1. The molecule has 0 amide bonds. The number of aromatic nitrogens is 2. The van der Waals surface area contributed by atoms with Gasteiger partial charge in [-0.05, 0) is 54.4 Å². The number of anilines is 1. The predicted molar refractivity (Wildman–Crippen MR) is 126 cm³/mol. The summed E-state index contributed by atoms with van der Waals surface area (Å²) in [5, 5.41) is 9.02. The summed E-state index contributed by atoms with van der Waals surface area (Å²) in [4.78, 5) is 5.09. The zero-order valence-corrected chi connectivity index (χ0v) is 18.9. The molecule has 0 saturated carbocycles. The molecule has 0 spiro atoms. The Kier molecular flexibility index (Phi) is 5.97. The largest absolute Gasteiger partial charge is 0.328 e. The summed E-state index contributed by atoms with van der Waals surface area (Å²) in [5.41, 5.74) is 4.00. The maximum absolute atomic E-state index is 13.0. The van der Waals surface area contributed by atoms with Crippen molar-refractivity contribution in [3.8, 4) is 6.07 Å². The molecule has 162 valence electrons. The molecular formula is C25H24N4O2S. The Morgan fingerprint density at radius 1 is 1.03 bits per heavy atom. The van der Waals surface area contributed by atoms with Crippen LogP contribution in [-0.4, -0.2) is 25.0 Å². The number of aryl methyl sites for hydroxylation is 1. The summed E-state index contributed by atoms with van der Waals surface area (Å²) < 4.78 is 29.5. The fourth-order valence-corrected chi connectivity index (χ4v) is 4.95.